The minimum Gasteiger partial charge on any atom is -0.305 e. The van der Waals surface area contributed by atoms with Crippen LogP contribution in [0.2, 0.25) is 0 Å². The van der Waals surface area contributed by atoms with Crippen LogP contribution in [0.4, 0.5) is 0 Å². The Balaban J connectivity index is 1.76. The lowest BCUT2D eigenvalue weighted by Crippen LogP contribution is -2.36. The number of nitrogens with zero attached hydrogens (tertiary/aromatic N) is 2. The van der Waals surface area contributed by atoms with Gasteiger partial charge in [-0.05, 0) is 39.4 Å². The summed E-state index contributed by atoms with van der Waals surface area (Å²) >= 11 is 0. The first-order valence-electron chi connectivity index (χ1n) is 7.19. The van der Waals surface area contributed by atoms with E-state index < -0.39 is 0 Å². The van der Waals surface area contributed by atoms with Crippen molar-refractivity contribution in [2.75, 3.05) is 39.8 Å². The van der Waals surface area contributed by atoms with Crippen LogP contribution in [0.1, 0.15) is 38.5 Å². The maximum absolute atomic E-state index is 12.2. The highest BCUT2D eigenvalue weighted by atomic mass is 16.1. The number of rotatable bonds is 3. The molecular weight excluding hydrogens is 212 g/mol. The average molecular weight is 238 g/mol. The van der Waals surface area contributed by atoms with Gasteiger partial charge in [0.25, 0.3) is 0 Å². The molecule has 0 atom stereocenters. The molecule has 2 aliphatic rings. The molecule has 0 aromatic rings. The first-order chi connectivity index (χ1) is 8.25. The molecule has 98 valence electrons. The van der Waals surface area contributed by atoms with Crippen LogP contribution in [0.5, 0.6) is 0 Å². The number of likely N-dealkylation sites (N-methyl/N-ethyl adjacent to an activating group) is 1. The summed E-state index contributed by atoms with van der Waals surface area (Å²) in [6.45, 7) is 5.16. The summed E-state index contributed by atoms with van der Waals surface area (Å²) in [7, 11) is 2.17. The molecule has 0 aromatic carbocycles. The third kappa shape index (κ3) is 4.07. The summed E-state index contributed by atoms with van der Waals surface area (Å²) in [6.07, 6.45) is 7.35. The molecule has 3 nitrogen and oxygen atoms in total. The molecule has 0 spiro atoms. The Morgan fingerprint density at radius 3 is 2.53 bits per heavy atom. The predicted molar refractivity (Wildman–Crippen MR) is 70.1 cm³/mol. The van der Waals surface area contributed by atoms with E-state index in [9.17, 15) is 4.79 Å². The molecular formula is C14H26N2O. The van der Waals surface area contributed by atoms with Crippen molar-refractivity contribution in [1.82, 2.24) is 9.80 Å². The lowest BCUT2D eigenvalue weighted by molar-refractivity contribution is -0.124. The minimum atomic E-state index is 0.379. The second kappa shape index (κ2) is 6.50. The van der Waals surface area contributed by atoms with Crippen molar-refractivity contribution >= 4 is 5.78 Å². The summed E-state index contributed by atoms with van der Waals surface area (Å²) in [4.78, 5) is 16.9. The number of carbonyl (C=O) groups excluding carboxylic acids is 1. The zero-order valence-corrected chi connectivity index (χ0v) is 11.2. The summed E-state index contributed by atoms with van der Waals surface area (Å²) in [5, 5.41) is 0. The van der Waals surface area contributed by atoms with E-state index in [1.54, 1.807) is 0 Å². The van der Waals surface area contributed by atoms with Crippen molar-refractivity contribution in [3.63, 3.8) is 0 Å². The molecule has 1 aliphatic carbocycles. The SMILES string of the molecule is CN1CCCN(CC(=O)C2CCCCC2)CC1. The van der Waals surface area contributed by atoms with Gasteiger partial charge in [0.1, 0.15) is 5.78 Å². The summed E-state index contributed by atoms with van der Waals surface area (Å²) in [5.74, 6) is 0.888. The van der Waals surface area contributed by atoms with Crippen molar-refractivity contribution < 1.29 is 4.79 Å². The van der Waals surface area contributed by atoms with E-state index in [0.29, 0.717) is 18.2 Å². The molecule has 3 heteroatoms. The van der Waals surface area contributed by atoms with Crippen molar-refractivity contribution in [1.29, 1.82) is 0 Å². The monoisotopic (exact) mass is 238 g/mol. The largest absolute Gasteiger partial charge is 0.305 e. The Labute approximate surface area is 105 Å². The summed E-state index contributed by atoms with van der Waals surface area (Å²) in [5.41, 5.74) is 0. The fraction of sp³-hybridized carbons (Fsp3) is 0.929. The van der Waals surface area contributed by atoms with Crippen LogP contribution in [0, 0.1) is 5.92 Å². The standard InChI is InChI=1S/C14H26N2O/c1-15-8-5-9-16(11-10-15)12-14(17)13-6-3-2-4-7-13/h13H,2-12H2,1H3. The quantitative estimate of drug-likeness (QED) is 0.749. The topological polar surface area (TPSA) is 23.6 Å². The first-order valence-corrected chi connectivity index (χ1v) is 7.19. The lowest BCUT2D eigenvalue weighted by Gasteiger charge is -2.25. The van der Waals surface area contributed by atoms with Gasteiger partial charge in [0.15, 0.2) is 0 Å². The van der Waals surface area contributed by atoms with Crippen LogP contribution in [-0.4, -0.2) is 55.4 Å². The third-order valence-electron chi connectivity index (χ3n) is 4.25. The molecule has 1 aliphatic heterocycles. The smallest absolute Gasteiger partial charge is 0.149 e. The number of hydrogen-bond donors (Lipinski definition) is 0. The lowest BCUT2D eigenvalue weighted by atomic mass is 9.86. The summed E-state index contributed by atoms with van der Waals surface area (Å²) < 4.78 is 0. The van der Waals surface area contributed by atoms with Gasteiger partial charge in [0, 0.05) is 19.0 Å². The van der Waals surface area contributed by atoms with E-state index in [1.165, 1.54) is 32.2 Å². The summed E-state index contributed by atoms with van der Waals surface area (Å²) in [6, 6.07) is 0. The number of Topliss-reactive ketones (excluding diaryl/α,β-unsaturated/α-hetero) is 1. The molecule has 1 saturated heterocycles. The molecule has 0 amide bonds. The maximum Gasteiger partial charge on any atom is 0.149 e. The van der Waals surface area contributed by atoms with E-state index in [1.807, 2.05) is 0 Å². The Hall–Kier alpha value is -0.410. The van der Waals surface area contributed by atoms with Gasteiger partial charge in [-0.15, -0.1) is 0 Å². The van der Waals surface area contributed by atoms with Crippen molar-refractivity contribution in [2.24, 2.45) is 5.92 Å². The van der Waals surface area contributed by atoms with E-state index in [-0.39, 0.29) is 0 Å². The van der Waals surface area contributed by atoms with Crippen LogP contribution in [0.25, 0.3) is 0 Å². The van der Waals surface area contributed by atoms with Gasteiger partial charge in [-0.2, -0.15) is 0 Å². The fourth-order valence-corrected chi connectivity index (χ4v) is 3.03. The zero-order chi connectivity index (χ0) is 12.1. The first kappa shape index (κ1) is 13.0. The highest BCUT2D eigenvalue weighted by Gasteiger charge is 2.23. The second-order valence-electron chi connectivity index (χ2n) is 5.73. The highest BCUT2D eigenvalue weighted by molar-refractivity contribution is 5.83. The Kier molecular flexibility index (Phi) is 4.99. The van der Waals surface area contributed by atoms with E-state index in [2.05, 4.69) is 16.8 Å². The fourth-order valence-electron chi connectivity index (χ4n) is 3.03. The van der Waals surface area contributed by atoms with Gasteiger partial charge in [-0.3, -0.25) is 9.69 Å². The van der Waals surface area contributed by atoms with Crippen LogP contribution in [0.3, 0.4) is 0 Å². The van der Waals surface area contributed by atoms with E-state index >= 15 is 0 Å². The van der Waals surface area contributed by atoms with Gasteiger partial charge >= 0.3 is 0 Å². The molecule has 17 heavy (non-hydrogen) atoms. The Morgan fingerprint density at radius 2 is 1.76 bits per heavy atom. The highest BCUT2D eigenvalue weighted by Crippen LogP contribution is 2.24. The zero-order valence-electron chi connectivity index (χ0n) is 11.2. The number of hydrogen-bond acceptors (Lipinski definition) is 3. The van der Waals surface area contributed by atoms with Crippen molar-refractivity contribution in [2.45, 2.75) is 38.5 Å². The van der Waals surface area contributed by atoms with Crippen LogP contribution in [-0.2, 0) is 4.79 Å². The molecule has 2 fully saturated rings. The van der Waals surface area contributed by atoms with Gasteiger partial charge in [0.2, 0.25) is 0 Å². The Bertz CT molecular complexity index is 249. The van der Waals surface area contributed by atoms with Gasteiger partial charge in [0.05, 0.1) is 6.54 Å². The molecule has 2 rings (SSSR count). The van der Waals surface area contributed by atoms with E-state index in [4.69, 9.17) is 0 Å². The van der Waals surface area contributed by atoms with E-state index in [0.717, 1.165) is 32.5 Å². The molecule has 0 N–H and O–H groups in total. The van der Waals surface area contributed by atoms with Gasteiger partial charge in [-0.1, -0.05) is 19.3 Å². The molecule has 0 radical (unpaired) electrons. The molecule has 0 unspecified atom stereocenters. The minimum absolute atomic E-state index is 0.379. The molecule has 1 saturated carbocycles. The number of carbonyl (C=O) groups is 1. The number of ketones is 1. The molecule has 1 heterocycles. The normalized spacial score (nSPS) is 25.7. The predicted octanol–water partition coefficient (Wildman–Crippen LogP) is 1.77. The maximum atomic E-state index is 12.2. The van der Waals surface area contributed by atoms with Crippen LogP contribution >= 0.6 is 0 Å². The van der Waals surface area contributed by atoms with Crippen molar-refractivity contribution in [3.05, 3.63) is 0 Å². The van der Waals surface area contributed by atoms with Crippen LogP contribution in [0.15, 0.2) is 0 Å². The third-order valence-corrected chi connectivity index (χ3v) is 4.25. The van der Waals surface area contributed by atoms with Gasteiger partial charge < -0.3 is 4.90 Å². The van der Waals surface area contributed by atoms with Crippen LogP contribution < -0.4 is 0 Å². The molecule has 0 aromatic heterocycles. The average Bonchev–Trinajstić information content (AvgIpc) is 2.56. The second-order valence-corrected chi connectivity index (χ2v) is 5.73. The molecule has 0 bridgehead atoms. The van der Waals surface area contributed by atoms with Crippen molar-refractivity contribution in [3.8, 4) is 0 Å². The van der Waals surface area contributed by atoms with Gasteiger partial charge in [-0.25, -0.2) is 0 Å². The Morgan fingerprint density at radius 1 is 1.00 bits per heavy atom.